The van der Waals surface area contributed by atoms with E-state index in [1.54, 1.807) is 0 Å². The first kappa shape index (κ1) is 22.4. The largest absolute Gasteiger partial charge is 0.491 e. The summed E-state index contributed by atoms with van der Waals surface area (Å²) in [6, 6.07) is 6.27. The summed E-state index contributed by atoms with van der Waals surface area (Å²) in [5, 5.41) is 0. The standard InChI is InChI=1S/C28H40O4/c1-18(2)32-20-8-9-21-22-11-13-28(3)19(12-15-31-27-6-4-5-14-30-27)7-10-25(28)23(22)17-26(29)24(21)16-20/h8-9,16,18-19,22-23,25,27H,4-7,10-15,17H2,1-3H3/t19-,22?,23?,25?,27?,28?/m1/s1. The van der Waals surface area contributed by atoms with Gasteiger partial charge in [-0.25, -0.2) is 0 Å². The molecule has 1 aliphatic heterocycles. The van der Waals surface area contributed by atoms with E-state index in [9.17, 15) is 4.79 Å². The quantitative estimate of drug-likeness (QED) is 0.505. The van der Waals surface area contributed by atoms with Crippen molar-refractivity contribution in [2.24, 2.45) is 23.2 Å². The second kappa shape index (κ2) is 9.10. The van der Waals surface area contributed by atoms with Gasteiger partial charge in [0.1, 0.15) is 5.75 Å². The molecule has 3 aliphatic carbocycles. The van der Waals surface area contributed by atoms with Crippen molar-refractivity contribution < 1.29 is 19.0 Å². The van der Waals surface area contributed by atoms with E-state index < -0.39 is 0 Å². The molecule has 1 aromatic rings. The van der Waals surface area contributed by atoms with Crippen LogP contribution in [0.3, 0.4) is 0 Å². The fourth-order valence-electron chi connectivity index (χ4n) is 7.50. The second-order valence-electron chi connectivity index (χ2n) is 11.2. The summed E-state index contributed by atoms with van der Waals surface area (Å²) in [5.41, 5.74) is 2.55. The topological polar surface area (TPSA) is 44.8 Å². The Morgan fingerprint density at radius 1 is 1.16 bits per heavy atom. The maximum absolute atomic E-state index is 13.2. The first-order valence-corrected chi connectivity index (χ1v) is 13.0. The van der Waals surface area contributed by atoms with E-state index in [1.807, 2.05) is 19.9 Å². The third kappa shape index (κ3) is 4.14. The van der Waals surface area contributed by atoms with Crippen LogP contribution in [0.1, 0.15) is 100 Å². The minimum absolute atomic E-state index is 0.0153. The number of benzene rings is 1. The van der Waals surface area contributed by atoms with Crippen LogP contribution in [0.25, 0.3) is 0 Å². The minimum atomic E-state index is 0.0153. The molecule has 0 radical (unpaired) electrons. The highest BCUT2D eigenvalue weighted by molar-refractivity contribution is 5.99. The number of carbonyl (C=O) groups is 1. The summed E-state index contributed by atoms with van der Waals surface area (Å²) >= 11 is 0. The van der Waals surface area contributed by atoms with Crippen LogP contribution in [0.2, 0.25) is 0 Å². The summed E-state index contributed by atoms with van der Waals surface area (Å²) in [6.45, 7) is 8.23. The Labute approximate surface area is 193 Å². The third-order valence-corrected chi connectivity index (χ3v) is 9.06. The summed E-state index contributed by atoms with van der Waals surface area (Å²) in [7, 11) is 0. The molecule has 6 atom stereocenters. The van der Waals surface area contributed by atoms with Crippen molar-refractivity contribution in [1.29, 1.82) is 0 Å². The average molecular weight is 441 g/mol. The highest BCUT2D eigenvalue weighted by Crippen LogP contribution is 2.63. The SMILES string of the molecule is CC(C)Oc1ccc2c(c1)C(=O)CC1C2CCC2(C)C1CC[C@@H]2CCOC1CCCCO1. The highest BCUT2D eigenvalue weighted by atomic mass is 16.7. The number of hydrogen-bond acceptors (Lipinski definition) is 4. The molecule has 4 nitrogen and oxygen atoms in total. The van der Waals surface area contributed by atoms with Gasteiger partial charge in [-0.1, -0.05) is 13.0 Å². The predicted molar refractivity (Wildman–Crippen MR) is 125 cm³/mol. The van der Waals surface area contributed by atoms with E-state index in [-0.39, 0.29) is 12.4 Å². The van der Waals surface area contributed by atoms with Gasteiger partial charge in [-0.3, -0.25) is 4.79 Å². The highest BCUT2D eigenvalue weighted by Gasteiger charge is 2.55. The first-order valence-electron chi connectivity index (χ1n) is 13.0. The lowest BCUT2D eigenvalue weighted by atomic mass is 9.54. The van der Waals surface area contributed by atoms with Crippen molar-refractivity contribution in [3.63, 3.8) is 0 Å². The molecule has 0 N–H and O–H groups in total. The Morgan fingerprint density at radius 3 is 2.81 bits per heavy atom. The maximum Gasteiger partial charge on any atom is 0.163 e. The zero-order chi connectivity index (χ0) is 22.3. The summed E-state index contributed by atoms with van der Waals surface area (Å²) in [4.78, 5) is 13.2. The fourth-order valence-corrected chi connectivity index (χ4v) is 7.50. The Balaban J connectivity index is 1.27. The molecule has 0 bridgehead atoms. The lowest BCUT2D eigenvalue weighted by Gasteiger charge is -2.50. The van der Waals surface area contributed by atoms with Crippen LogP contribution in [0.5, 0.6) is 5.75 Å². The number of hydrogen-bond donors (Lipinski definition) is 0. The van der Waals surface area contributed by atoms with E-state index in [4.69, 9.17) is 14.2 Å². The molecule has 5 unspecified atom stereocenters. The molecule has 0 amide bonds. The second-order valence-corrected chi connectivity index (χ2v) is 11.2. The van der Waals surface area contributed by atoms with Crippen LogP contribution in [-0.2, 0) is 9.47 Å². The summed E-state index contributed by atoms with van der Waals surface area (Å²) < 4.78 is 17.7. The Morgan fingerprint density at radius 2 is 2.03 bits per heavy atom. The van der Waals surface area contributed by atoms with Gasteiger partial charge in [0.05, 0.1) is 12.7 Å². The van der Waals surface area contributed by atoms with Gasteiger partial charge < -0.3 is 14.2 Å². The van der Waals surface area contributed by atoms with Crippen LogP contribution >= 0.6 is 0 Å². The van der Waals surface area contributed by atoms with E-state index in [1.165, 1.54) is 44.1 Å². The maximum atomic E-state index is 13.2. The molecule has 4 aliphatic rings. The molecule has 0 aromatic heterocycles. The van der Waals surface area contributed by atoms with Gasteiger partial charge in [0, 0.05) is 18.6 Å². The van der Waals surface area contributed by atoms with Gasteiger partial charge in [-0.15, -0.1) is 0 Å². The fraction of sp³-hybridized carbons (Fsp3) is 0.750. The molecule has 1 aromatic carbocycles. The van der Waals surface area contributed by atoms with Crippen molar-refractivity contribution in [3.8, 4) is 5.75 Å². The predicted octanol–water partition coefficient (Wildman–Crippen LogP) is 6.52. The first-order chi connectivity index (χ1) is 15.5. The summed E-state index contributed by atoms with van der Waals surface area (Å²) in [5.74, 6) is 3.53. The molecule has 32 heavy (non-hydrogen) atoms. The molecular weight excluding hydrogens is 400 g/mol. The van der Waals surface area contributed by atoms with Crippen molar-refractivity contribution >= 4 is 5.78 Å². The van der Waals surface area contributed by atoms with Gasteiger partial charge in [-0.05, 0) is 112 Å². The normalized spacial score (nSPS) is 36.5. The monoisotopic (exact) mass is 440 g/mol. The number of fused-ring (bicyclic) bond motifs is 5. The van der Waals surface area contributed by atoms with E-state index >= 15 is 0 Å². The van der Waals surface area contributed by atoms with Gasteiger partial charge in [-0.2, -0.15) is 0 Å². The molecule has 5 rings (SSSR count). The van der Waals surface area contributed by atoms with Crippen molar-refractivity contribution in [2.45, 2.75) is 96.9 Å². The Kier molecular flexibility index (Phi) is 6.37. The molecule has 176 valence electrons. The van der Waals surface area contributed by atoms with Crippen LogP contribution in [-0.4, -0.2) is 31.4 Å². The van der Waals surface area contributed by atoms with Crippen molar-refractivity contribution in [2.75, 3.05) is 13.2 Å². The lowest BCUT2D eigenvalue weighted by molar-refractivity contribution is -0.165. The van der Waals surface area contributed by atoms with Crippen molar-refractivity contribution in [1.82, 2.24) is 0 Å². The van der Waals surface area contributed by atoms with Gasteiger partial charge in [0.15, 0.2) is 12.1 Å². The van der Waals surface area contributed by atoms with Gasteiger partial charge >= 0.3 is 0 Å². The molecular formula is C28H40O4. The molecule has 4 heteroatoms. The van der Waals surface area contributed by atoms with E-state index in [0.717, 1.165) is 37.4 Å². The number of Topliss-reactive ketones (excluding diaryl/α,β-unsaturated/α-hetero) is 1. The smallest absolute Gasteiger partial charge is 0.163 e. The number of carbonyl (C=O) groups excluding carboxylic acids is 1. The number of rotatable bonds is 6. The van der Waals surface area contributed by atoms with Crippen LogP contribution < -0.4 is 4.74 Å². The molecule has 0 spiro atoms. The van der Waals surface area contributed by atoms with Crippen LogP contribution in [0.4, 0.5) is 0 Å². The zero-order valence-corrected chi connectivity index (χ0v) is 20.1. The average Bonchev–Trinajstić information content (AvgIpc) is 3.11. The summed E-state index contributed by atoms with van der Waals surface area (Å²) in [6.07, 6.45) is 10.4. The number of ketones is 1. The van der Waals surface area contributed by atoms with E-state index in [2.05, 4.69) is 19.1 Å². The van der Waals surface area contributed by atoms with Crippen molar-refractivity contribution in [3.05, 3.63) is 29.3 Å². The molecule has 2 saturated carbocycles. The molecule has 3 fully saturated rings. The van der Waals surface area contributed by atoms with E-state index in [0.29, 0.717) is 41.3 Å². The van der Waals surface area contributed by atoms with Gasteiger partial charge in [0.2, 0.25) is 0 Å². The minimum Gasteiger partial charge on any atom is -0.491 e. The number of ether oxygens (including phenoxy) is 3. The van der Waals surface area contributed by atoms with Gasteiger partial charge in [0.25, 0.3) is 0 Å². The van der Waals surface area contributed by atoms with Crippen LogP contribution in [0, 0.1) is 23.2 Å². The lowest BCUT2D eigenvalue weighted by Crippen LogP contribution is -2.43. The zero-order valence-electron chi connectivity index (χ0n) is 20.1. The molecule has 1 saturated heterocycles. The third-order valence-electron chi connectivity index (χ3n) is 9.06. The Hall–Kier alpha value is -1.39. The Bertz CT molecular complexity index is 827. The van der Waals surface area contributed by atoms with Crippen LogP contribution in [0.15, 0.2) is 18.2 Å². The molecule has 1 heterocycles.